The number of rotatable bonds is 5. The van der Waals surface area contributed by atoms with Crippen molar-refractivity contribution < 1.29 is 4.39 Å². The van der Waals surface area contributed by atoms with Crippen molar-refractivity contribution in [2.45, 2.75) is 33.1 Å². The Balaban J connectivity index is 2.70. The lowest BCUT2D eigenvalue weighted by Crippen LogP contribution is -2.17. The molecule has 84 valence electrons. The highest BCUT2D eigenvalue weighted by Gasteiger charge is 2.08. The summed E-state index contributed by atoms with van der Waals surface area (Å²) in [7, 11) is 0. The second kappa shape index (κ2) is 5.86. The molecule has 15 heavy (non-hydrogen) atoms. The van der Waals surface area contributed by atoms with Crippen molar-refractivity contribution in [1.29, 1.82) is 0 Å². The van der Waals surface area contributed by atoms with Crippen molar-refractivity contribution in [2.75, 3.05) is 6.54 Å². The van der Waals surface area contributed by atoms with E-state index in [1.165, 1.54) is 11.6 Å². The van der Waals surface area contributed by atoms with Crippen LogP contribution < -0.4 is 5.73 Å². The highest BCUT2D eigenvalue weighted by atomic mass is 19.1. The van der Waals surface area contributed by atoms with Gasteiger partial charge in [0.25, 0.3) is 0 Å². The standard InChI is InChI=1S/C13H20FN/c1-3-4-11(9-15)8-12-5-6-13(14)7-10(12)2/h5-7,11H,3-4,8-9,15H2,1-2H3. The fourth-order valence-corrected chi connectivity index (χ4v) is 1.91. The summed E-state index contributed by atoms with van der Waals surface area (Å²) in [6, 6.07) is 5.00. The molecule has 1 nitrogen and oxygen atoms in total. The highest BCUT2D eigenvalue weighted by Crippen LogP contribution is 2.17. The fourth-order valence-electron chi connectivity index (χ4n) is 1.91. The van der Waals surface area contributed by atoms with Crippen LogP contribution in [0.3, 0.4) is 0 Å². The van der Waals surface area contributed by atoms with Crippen molar-refractivity contribution in [1.82, 2.24) is 0 Å². The van der Waals surface area contributed by atoms with E-state index in [9.17, 15) is 4.39 Å². The first-order chi connectivity index (χ1) is 7.17. The normalized spacial score (nSPS) is 12.8. The van der Waals surface area contributed by atoms with Crippen LogP contribution in [-0.4, -0.2) is 6.54 Å². The van der Waals surface area contributed by atoms with Gasteiger partial charge in [-0.25, -0.2) is 4.39 Å². The zero-order valence-corrected chi connectivity index (χ0v) is 9.59. The molecule has 0 amide bonds. The minimum absolute atomic E-state index is 0.156. The maximum atomic E-state index is 12.9. The van der Waals surface area contributed by atoms with E-state index in [2.05, 4.69) is 6.92 Å². The molecule has 0 fully saturated rings. The van der Waals surface area contributed by atoms with Gasteiger partial charge in [-0.15, -0.1) is 0 Å². The average Bonchev–Trinajstić information content (AvgIpc) is 2.21. The van der Waals surface area contributed by atoms with Crippen molar-refractivity contribution in [3.63, 3.8) is 0 Å². The highest BCUT2D eigenvalue weighted by molar-refractivity contribution is 5.26. The molecule has 1 aromatic rings. The number of hydrogen-bond acceptors (Lipinski definition) is 1. The third-order valence-electron chi connectivity index (χ3n) is 2.84. The van der Waals surface area contributed by atoms with Gasteiger partial charge in [-0.3, -0.25) is 0 Å². The van der Waals surface area contributed by atoms with Crippen LogP contribution in [0.5, 0.6) is 0 Å². The van der Waals surface area contributed by atoms with Gasteiger partial charge in [-0.2, -0.15) is 0 Å². The average molecular weight is 209 g/mol. The zero-order chi connectivity index (χ0) is 11.3. The second-order valence-corrected chi connectivity index (χ2v) is 4.17. The molecule has 2 N–H and O–H groups in total. The summed E-state index contributed by atoms with van der Waals surface area (Å²) >= 11 is 0. The quantitative estimate of drug-likeness (QED) is 0.792. The number of nitrogens with two attached hydrogens (primary N) is 1. The summed E-state index contributed by atoms with van der Waals surface area (Å²) in [5.74, 6) is 0.371. The molecule has 0 saturated heterocycles. The molecule has 0 heterocycles. The number of aryl methyl sites for hydroxylation is 1. The first-order valence-corrected chi connectivity index (χ1v) is 5.62. The van der Waals surface area contributed by atoms with Crippen LogP contribution in [0.25, 0.3) is 0 Å². The van der Waals surface area contributed by atoms with Crippen molar-refractivity contribution in [2.24, 2.45) is 11.7 Å². The lowest BCUT2D eigenvalue weighted by Gasteiger charge is -2.15. The molecule has 2 heteroatoms. The van der Waals surface area contributed by atoms with Crippen LogP contribution in [0, 0.1) is 18.7 Å². The van der Waals surface area contributed by atoms with Crippen molar-refractivity contribution in [3.8, 4) is 0 Å². The first kappa shape index (κ1) is 12.2. The van der Waals surface area contributed by atoms with Crippen LogP contribution in [0.15, 0.2) is 18.2 Å². The van der Waals surface area contributed by atoms with E-state index in [0.717, 1.165) is 24.8 Å². The maximum absolute atomic E-state index is 12.9. The molecule has 0 saturated carbocycles. The van der Waals surface area contributed by atoms with Crippen LogP contribution in [-0.2, 0) is 6.42 Å². The Bertz CT molecular complexity index is 309. The first-order valence-electron chi connectivity index (χ1n) is 5.62. The van der Waals surface area contributed by atoms with E-state index in [1.54, 1.807) is 6.07 Å². The summed E-state index contributed by atoms with van der Waals surface area (Å²) in [5, 5.41) is 0. The Morgan fingerprint density at radius 3 is 2.67 bits per heavy atom. The summed E-state index contributed by atoms with van der Waals surface area (Å²) in [5.41, 5.74) is 7.97. The summed E-state index contributed by atoms with van der Waals surface area (Å²) < 4.78 is 12.9. The smallest absolute Gasteiger partial charge is 0.123 e. The van der Waals surface area contributed by atoms with Gasteiger partial charge in [0.1, 0.15) is 5.82 Å². The van der Waals surface area contributed by atoms with Gasteiger partial charge in [-0.1, -0.05) is 19.4 Å². The Labute approximate surface area is 91.5 Å². The fraction of sp³-hybridized carbons (Fsp3) is 0.538. The Morgan fingerprint density at radius 1 is 1.40 bits per heavy atom. The van der Waals surface area contributed by atoms with Crippen molar-refractivity contribution in [3.05, 3.63) is 35.1 Å². The van der Waals surface area contributed by atoms with E-state index in [0.29, 0.717) is 12.5 Å². The largest absolute Gasteiger partial charge is 0.330 e. The molecule has 1 unspecified atom stereocenters. The van der Waals surface area contributed by atoms with Gasteiger partial charge in [0, 0.05) is 0 Å². The second-order valence-electron chi connectivity index (χ2n) is 4.17. The number of benzene rings is 1. The SMILES string of the molecule is CCCC(CN)Cc1ccc(F)cc1C. The molecule has 1 atom stereocenters. The minimum Gasteiger partial charge on any atom is -0.330 e. The predicted molar refractivity (Wildman–Crippen MR) is 62.3 cm³/mol. The molecular formula is C13H20FN. The van der Waals surface area contributed by atoms with Crippen molar-refractivity contribution >= 4 is 0 Å². The lowest BCUT2D eigenvalue weighted by molar-refractivity contribution is 0.486. The third-order valence-corrected chi connectivity index (χ3v) is 2.84. The lowest BCUT2D eigenvalue weighted by atomic mass is 9.93. The van der Waals surface area contributed by atoms with E-state index in [1.807, 2.05) is 13.0 Å². The van der Waals surface area contributed by atoms with Gasteiger partial charge in [0.2, 0.25) is 0 Å². The number of hydrogen-bond donors (Lipinski definition) is 1. The summed E-state index contributed by atoms with van der Waals surface area (Å²) in [6.07, 6.45) is 3.27. The molecule has 0 radical (unpaired) electrons. The minimum atomic E-state index is -0.156. The molecular weight excluding hydrogens is 189 g/mol. The van der Waals surface area contributed by atoms with Crippen LogP contribution in [0.2, 0.25) is 0 Å². The molecule has 0 aliphatic rings. The van der Waals surface area contributed by atoms with Gasteiger partial charge in [-0.05, 0) is 55.5 Å². The predicted octanol–water partition coefficient (Wildman–Crippen LogP) is 3.05. The van der Waals surface area contributed by atoms with Crippen LogP contribution in [0.4, 0.5) is 4.39 Å². The zero-order valence-electron chi connectivity index (χ0n) is 9.59. The van der Waals surface area contributed by atoms with Crippen LogP contribution >= 0.6 is 0 Å². The van der Waals surface area contributed by atoms with Gasteiger partial charge < -0.3 is 5.73 Å². The van der Waals surface area contributed by atoms with Gasteiger partial charge in [0.05, 0.1) is 0 Å². The van der Waals surface area contributed by atoms with Crippen LogP contribution in [0.1, 0.15) is 30.9 Å². The molecule has 0 spiro atoms. The Kier molecular flexibility index (Phi) is 4.76. The third kappa shape index (κ3) is 3.63. The van der Waals surface area contributed by atoms with Gasteiger partial charge in [0.15, 0.2) is 0 Å². The molecule has 1 rings (SSSR count). The summed E-state index contributed by atoms with van der Waals surface area (Å²) in [6.45, 7) is 4.84. The van der Waals surface area contributed by atoms with E-state index < -0.39 is 0 Å². The van der Waals surface area contributed by atoms with E-state index >= 15 is 0 Å². The monoisotopic (exact) mass is 209 g/mol. The molecule has 0 aliphatic carbocycles. The van der Waals surface area contributed by atoms with E-state index in [4.69, 9.17) is 5.73 Å². The maximum Gasteiger partial charge on any atom is 0.123 e. The van der Waals surface area contributed by atoms with Gasteiger partial charge >= 0.3 is 0 Å². The Hall–Kier alpha value is -0.890. The number of halogens is 1. The topological polar surface area (TPSA) is 26.0 Å². The Morgan fingerprint density at radius 2 is 2.13 bits per heavy atom. The molecule has 0 aliphatic heterocycles. The molecule has 1 aromatic carbocycles. The van der Waals surface area contributed by atoms with E-state index in [-0.39, 0.29) is 5.82 Å². The molecule has 0 bridgehead atoms. The molecule has 0 aromatic heterocycles. The summed E-state index contributed by atoms with van der Waals surface area (Å²) in [4.78, 5) is 0.